The van der Waals surface area contributed by atoms with Crippen molar-refractivity contribution in [3.05, 3.63) is 35.9 Å². The van der Waals surface area contributed by atoms with Crippen LogP contribution in [0.5, 0.6) is 0 Å². The van der Waals surface area contributed by atoms with Gasteiger partial charge in [0.1, 0.15) is 7.11 Å². The maximum atomic E-state index is 11.2. The molecule has 0 atom stereocenters. The number of rotatable bonds is 2. The molecular weight excluding hydrogens is 212 g/mol. The van der Waals surface area contributed by atoms with E-state index in [1.165, 1.54) is 12.1 Å². The van der Waals surface area contributed by atoms with Gasteiger partial charge < -0.3 is 0 Å². The molecule has 1 aromatic rings. The summed E-state index contributed by atoms with van der Waals surface area (Å²) in [6.07, 6.45) is 0. The molecule has 70 valence electrons. The molecule has 0 saturated carbocycles. The maximum absolute atomic E-state index is 11.2. The van der Waals surface area contributed by atoms with Gasteiger partial charge in [-0.1, -0.05) is 17.7 Å². The minimum atomic E-state index is -3.86. The molecule has 0 unspecified atom stereocenters. The van der Waals surface area contributed by atoms with E-state index in [2.05, 4.69) is 11.3 Å². The van der Waals surface area contributed by atoms with E-state index in [9.17, 15) is 8.42 Å². The summed E-state index contributed by atoms with van der Waals surface area (Å²) in [5.74, 6) is 0. The summed E-state index contributed by atoms with van der Waals surface area (Å²) in [7, 11) is 0.768. The van der Waals surface area contributed by atoms with Gasteiger partial charge in [0.2, 0.25) is 0 Å². The fourth-order valence-corrected chi connectivity index (χ4v) is 1.97. The lowest BCUT2D eigenvalue weighted by Gasteiger charge is -2.05. The Morgan fingerprint density at radius 3 is 2.62 bits per heavy atom. The van der Waals surface area contributed by atoms with Crippen LogP contribution < -0.4 is 0 Å². The smallest absolute Gasteiger partial charge is 0.257 e. The first-order valence-electron chi connectivity index (χ1n) is 3.37. The summed E-state index contributed by atoms with van der Waals surface area (Å²) in [4.78, 5) is -0.0116. The van der Waals surface area contributed by atoms with Gasteiger partial charge in [0.15, 0.2) is 0 Å². The van der Waals surface area contributed by atoms with E-state index in [0.717, 1.165) is 0 Å². The molecule has 0 saturated heterocycles. The minimum Gasteiger partial charge on any atom is -0.257 e. The summed E-state index contributed by atoms with van der Waals surface area (Å²) >= 11 is 5.72. The Morgan fingerprint density at radius 1 is 1.46 bits per heavy atom. The first-order valence-corrected chi connectivity index (χ1v) is 5.16. The fraction of sp³-hybridized carbons (Fsp3) is 0.125. The third-order valence-corrected chi connectivity index (χ3v) is 3.26. The molecule has 3 nitrogen and oxygen atoms in total. The van der Waals surface area contributed by atoms with Crippen molar-refractivity contribution in [3.8, 4) is 0 Å². The van der Waals surface area contributed by atoms with Crippen molar-refractivity contribution in [2.75, 3.05) is 0 Å². The second kappa shape index (κ2) is 3.65. The summed E-state index contributed by atoms with van der Waals surface area (Å²) in [5.41, 5.74) is 0.426. The Bertz CT molecular complexity index is 411. The minimum absolute atomic E-state index is 0.0116. The summed E-state index contributed by atoms with van der Waals surface area (Å²) < 4.78 is 26.2. The van der Waals surface area contributed by atoms with Crippen LogP contribution in [0.25, 0.3) is 0 Å². The van der Waals surface area contributed by atoms with Gasteiger partial charge in [0.05, 0.1) is 4.90 Å². The molecule has 0 N–H and O–H groups in total. The average Bonchev–Trinajstić information content (AvgIpc) is 2.09. The number of hydrogen-bond acceptors (Lipinski definition) is 3. The molecule has 0 amide bonds. The standard InChI is InChI=1S/C8H7ClO3S/c1-6-7(9)4-3-5-8(6)13(10,11)12-2/h2-5H,1H3. The van der Waals surface area contributed by atoms with E-state index >= 15 is 0 Å². The molecule has 0 aromatic heterocycles. The molecule has 1 rings (SSSR count). The summed E-state index contributed by atoms with van der Waals surface area (Å²) in [6, 6.07) is 4.48. The van der Waals surface area contributed by atoms with Crippen LogP contribution in [0.3, 0.4) is 0 Å². The van der Waals surface area contributed by atoms with Crippen LogP contribution in [-0.4, -0.2) is 8.42 Å². The quantitative estimate of drug-likeness (QED) is 0.714. The lowest BCUT2D eigenvalue weighted by Crippen LogP contribution is -2.03. The zero-order chi connectivity index (χ0) is 10.1. The van der Waals surface area contributed by atoms with Gasteiger partial charge in [-0.2, -0.15) is 8.42 Å². The van der Waals surface area contributed by atoms with Gasteiger partial charge in [-0.15, -0.1) is 0 Å². The molecule has 0 aliphatic rings. The lowest BCUT2D eigenvalue weighted by molar-refractivity contribution is 0.437. The first-order chi connectivity index (χ1) is 5.99. The largest absolute Gasteiger partial charge is 0.297 e. The second-order valence-corrected chi connectivity index (χ2v) is 4.36. The Labute approximate surface area is 82.4 Å². The lowest BCUT2D eigenvalue weighted by atomic mass is 10.2. The Morgan fingerprint density at radius 2 is 2.08 bits per heavy atom. The van der Waals surface area contributed by atoms with Gasteiger partial charge in [0, 0.05) is 5.02 Å². The number of halogens is 1. The zero-order valence-electron chi connectivity index (χ0n) is 6.82. The molecule has 0 spiro atoms. The monoisotopic (exact) mass is 218 g/mol. The summed E-state index contributed by atoms with van der Waals surface area (Å²) in [5, 5.41) is 0.359. The van der Waals surface area contributed by atoms with Crippen molar-refractivity contribution < 1.29 is 12.6 Å². The van der Waals surface area contributed by atoms with Gasteiger partial charge in [-0.3, -0.25) is 4.18 Å². The molecule has 0 aliphatic carbocycles. The van der Waals surface area contributed by atoms with Gasteiger partial charge in [0.25, 0.3) is 10.1 Å². The van der Waals surface area contributed by atoms with Crippen molar-refractivity contribution in [1.82, 2.24) is 0 Å². The van der Waals surface area contributed by atoms with Crippen molar-refractivity contribution in [3.63, 3.8) is 0 Å². The summed E-state index contributed by atoms with van der Waals surface area (Å²) in [6.45, 7) is 1.58. The molecule has 5 heteroatoms. The normalized spacial score (nSPS) is 11.6. The highest BCUT2D eigenvalue weighted by molar-refractivity contribution is 7.86. The van der Waals surface area contributed by atoms with E-state index in [1.54, 1.807) is 13.0 Å². The molecule has 13 heavy (non-hydrogen) atoms. The predicted octanol–water partition coefficient (Wildman–Crippen LogP) is 2.02. The molecule has 0 fully saturated rings. The van der Waals surface area contributed by atoms with Crippen LogP contribution in [-0.2, 0) is 14.3 Å². The van der Waals surface area contributed by atoms with Crippen LogP contribution in [0.15, 0.2) is 23.1 Å². The second-order valence-electron chi connectivity index (χ2n) is 2.41. The topological polar surface area (TPSA) is 43.4 Å². The van der Waals surface area contributed by atoms with Crippen LogP contribution >= 0.6 is 11.6 Å². The van der Waals surface area contributed by atoms with E-state index < -0.39 is 10.1 Å². The van der Waals surface area contributed by atoms with Crippen molar-refractivity contribution >= 4 is 21.7 Å². The highest BCUT2D eigenvalue weighted by atomic mass is 35.5. The molecule has 0 bridgehead atoms. The zero-order valence-corrected chi connectivity index (χ0v) is 8.39. The Hall–Kier alpha value is -0.580. The fourth-order valence-electron chi connectivity index (χ4n) is 0.910. The van der Waals surface area contributed by atoms with Crippen LogP contribution in [0.4, 0.5) is 0 Å². The van der Waals surface area contributed by atoms with Crippen LogP contribution in [0, 0.1) is 14.0 Å². The van der Waals surface area contributed by atoms with Crippen molar-refractivity contribution in [1.29, 1.82) is 0 Å². The van der Waals surface area contributed by atoms with E-state index in [-0.39, 0.29) is 4.90 Å². The van der Waals surface area contributed by atoms with Gasteiger partial charge in [-0.25, -0.2) is 0 Å². The molecule has 0 heterocycles. The SMILES string of the molecule is [CH]OS(=O)(=O)c1cccc(Cl)c1C. The van der Waals surface area contributed by atoms with Crippen LogP contribution in [0.2, 0.25) is 5.02 Å². The Kier molecular flexibility index (Phi) is 2.95. The highest BCUT2D eigenvalue weighted by Crippen LogP contribution is 2.23. The third-order valence-electron chi connectivity index (χ3n) is 1.61. The number of hydrogen-bond donors (Lipinski definition) is 0. The van der Waals surface area contributed by atoms with Gasteiger partial charge in [-0.05, 0) is 24.6 Å². The highest BCUT2D eigenvalue weighted by Gasteiger charge is 2.16. The van der Waals surface area contributed by atoms with Crippen molar-refractivity contribution in [2.45, 2.75) is 11.8 Å². The van der Waals surface area contributed by atoms with Crippen molar-refractivity contribution in [2.24, 2.45) is 0 Å². The average molecular weight is 219 g/mol. The van der Waals surface area contributed by atoms with E-state index in [0.29, 0.717) is 10.6 Å². The predicted molar refractivity (Wildman–Crippen MR) is 48.8 cm³/mol. The molecular formula is C8H7ClO3S. The maximum Gasteiger partial charge on any atom is 0.297 e. The van der Waals surface area contributed by atoms with Gasteiger partial charge >= 0.3 is 0 Å². The first kappa shape index (κ1) is 10.5. The Balaban J connectivity index is 3.40. The van der Waals surface area contributed by atoms with E-state index in [1.807, 2.05) is 0 Å². The number of benzene rings is 1. The molecule has 0 aliphatic heterocycles. The third kappa shape index (κ3) is 2.02. The van der Waals surface area contributed by atoms with E-state index in [4.69, 9.17) is 11.6 Å². The van der Waals surface area contributed by atoms with Crippen LogP contribution in [0.1, 0.15) is 5.56 Å². The molecule has 2 radical (unpaired) electrons. The molecule has 1 aromatic carbocycles.